The summed E-state index contributed by atoms with van der Waals surface area (Å²) in [6.07, 6.45) is 5.91. The maximum Gasteiger partial charge on any atom is 0.110 e. The van der Waals surface area contributed by atoms with E-state index >= 15 is 0 Å². The molecule has 0 aromatic rings. The molecule has 0 radical (unpaired) electrons. The summed E-state index contributed by atoms with van der Waals surface area (Å²) in [4.78, 5) is 0. The highest BCUT2D eigenvalue weighted by Crippen LogP contribution is 2.15. The molecule has 0 saturated carbocycles. The van der Waals surface area contributed by atoms with Crippen LogP contribution in [0.5, 0.6) is 0 Å². The molecule has 9 heavy (non-hydrogen) atoms. The summed E-state index contributed by atoms with van der Waals surface area (Å²) in [6, 6.07) is 0. The molecule has 0 aliphatic carbocycles. The van der Waals surface area contributed by atoms with Gasteiger partial charge in [-0.2, -0.15) is 0 Å². The molecule has 0 aromatic carbocycles. The van der Waals surface area contributed by atoms with Gasteiger partial charge in [-0.15, -0.1) is 11.6 Å². The number of alkyl halides is 2. The molecular weight excluding hydrogens is 199 g/mol. The molecule has 2 heteroatoms. The van der Waals surface area contributed by atoms with Crippen LogP contribution in [0.25, 0.3) is 0 Å². The van der Waals surface area contributed by atoms with Crippen molar-refractivity contribution in [2.75, 3.05) is 0 Å². The molecule has 0 heterocycles. The summed E-state index contributed by atoms with van der Waals surface area (Å²) in [5.74, 6) is 0. The van der Waals surface area contributed by atoms with Crippen LogP contribution in [0.4, 0.5) is 0 Å². The molecule has 0 nitrogen and oxygen atoms in total. The summed E-state index contributed by atoms with van der Waals surface area (Å²) in [7, 11) is 0. The Labute approximate surface area is 69.7 Å². The third-order valence-corrected chi connectivity index (χ3v) is 1.96. The second kappa shape index (κ2) is 5.07. The van der Waals surface area contributed by atoms with Crippen LogP contribution in [0, 0.1) is 0 Å². The lowest BCUT2D eigenvalue weighted by Crippen LogP contribution is -1.85. The van der Waals surface area contributed by atoms with Gasteiger partial charge in [-0.05, 0) is 19.4 Å². The predicted octanol–water partition coefficient (Wildman–Crippen LogP) is 3.47. The Kier molecular flexibility index (Phi) is 5.21. The summed E-state index contributed by atoms with van der Waals surface area (Å²) in [5, 5.41) is 0. The summed E-state index contributed by atoms with van der Waals surface area (Å²) in [6.45, 7) is 3.95. The number of allylic oxidation sites excluding steroid dienone is 4. The molecule has 0 spiro atoms. The van der Waals surface area contributed by atoms with Crippen molar-refractivity contribution in [3.63, 3.8) is 0 Å². The number of hydrogen-bond donors (Lipinski definition) is 0. The van der Waals surface area contributed by atoms with Crippen LogP contribution in [0.2, 0.25) is 0 Å². The largest absolute Gasteiger partial charge is 0.110 e. The average Bonchev–Trinajstić information content (AvgIpc) is 1.82. The molecule has 0 N–H and O–H groups in total. The number of hydrogen-bond acceptors (Lipinski definition) is 0. The van der Waals surface area contributed by atoms with Gasteiger partial charge in [0.2, 0.25) is 0 Å². The molecule has 1 unspecified atom stereocenters. The third kappa shape index (κ3) is 4.73. The number of rotatable bonds is 2. The number of halogens is 2. The molecule has 0 aromatic heterocycles. The lowest BCUT2D eigenvalue weighted by molar-refractivity contribution is 1.35. The van der Waals surface area contributed by atoms with Gasteiger partial charge in [0, 0.05) is 0 Å². The normalized spacial score (nSPS) is 16.7. The first kappa shape index (κ1) is 9.25. The van der Waals surface area contributed by atoms with Crippen molar-refractivity contribution in [3.8, 4) is 0 Å². The van der Waals surface area contributed by atoms with Gasteiger partial charge in [0.15, 0.2) is 0 Å². The molecule has 0 rings (SSSR count). The fraction of sp³-hybridized carbons (Fsp3) is 0.429. The Morgan fingerprint density at radius 1 is 1.67 bits per heavy atom. The molecule has 0 fully saturated rings. The van der Waals surface area contributed by atoms with Gasteiger partial charge in [0.25, 0.3) is 0 Å². The third-order valence-electron chi connectivity index (χ3n) is 0.896. The zero-order valence-corrected chi connectivity index (χ0v) is 7.91. The van der Waals surface area contributed by atoms with Crippen LogP contribution in [-0.4, -0.2) is 4.29 Å². The van der Waals surface area contributed by atoms with E-state index in [4.69, 9.17) is 11.6 Å². The van der Waals surface area contributed by atoms with Crippen molar-refractivity contribution >= 4 is 27.5 Å². The van der Waals surface area contributed by atoms with Gasteiger partial charge < -0.3 is 0 Å². The quantitative estimate of drug-likeness (QED) is 0.483. The summed E-state index contributed by atoms with van der Waals surface area (Å²) in [5.41, 5.74) is 1.12. The monoisotopic (exact) mass is 208 g/mol. The maximum atomic E-state index is 5.68. The average molecular weight is 210 g/mol. The Hall–Kier alpha value is 0.250. The van der Waals surface area contributed by atoms with Crippen LogP contribution >= 0.6 is 27.5 Å². The van der Waals surface area contributed by atoms with E-state index in [2.05, 4.69) is 15.9 Å². The van der Waals surface area contributed by atoms with E-state index < -0.39 is 0 Å². The Balaban J connectivity index is 3.84. The van der Waals surface area contributed by atoms with Crippen molar-refractivity contribution in [3.05, 3.63) is 23.8 Å². The zero-order chi connectivity index (χ0) is 7.28. The van der Waals surface area contributed by atoms with Crippen molar-refractivity contribution in [1.82, 2.24) is 0 Å². The first-order valence-corrected chi connectivity index (χ1v) is 4.11. The van der Waals surface area contributed by atoms with E-state index in [0.29, 0.717) is 0 Å². The van der Waals surface area contributed by atoms with Crippen molar-refractivity contribution in [1.29, 1.82) is 0 Å². The highest BCUT2D eigenvalue weighted by Gasteiger charge is 1.96. The standard InChI is InChI=1S/C7H10BrCl/c1-3-4-5-6(2)7(8)9/h3-5,7H,1-2H3. The highest BCUT2D eigenvalue weighted by molar-refractivity contribution is 9.10. The molecule has 0 saturated heterocycles. The minimum atomic E-state index is -0.0336. The Bertz CT molecular complexity index is 125. The first-order valence-electron chi connectivity index (χ1n) is 2.76. The lowest BCUT2D eigenvalue weighted by Gasteiger charge is -1.96. The van der Waals surface area contributed by atoms with E-state index in [1.54, 1.807) is 0 Å². The van der Waals surface area contributed by atoms with Gasteiger partial charge in [0.1, 0.15) is 4.29 Å². The molecule has 1 atom stereocenters. The smallest absolute Gasteiger partial charge is 0.106 e. The fourth-order valence-corrected chi connectivity index (χ4v) is 0.546. The molecule has 0 aliphatic rings. The zero-order valence-electron chi connectivity index (χ0n) is 5.57. The van der Waals surface area contributed by atoms with Crippen molar-refractivity contribution in [2.45, 2.75) is 18.1 Å². The van der Waals surface area contributed by atoms with Crippen molar-refractivity contribution in [2.24, 2.45) is 0 Å². The molecule has 52 valence electrons. The van der Waals surface area contributed by atoms with E-state index in [0.717, 1.165) is 5.57 Å². The lowest BCUT2D eigenvalue weighted by atomic mass is 10.3. The van der Waals surface area contributed by atoms with Gasteiger partial charge in [-0.3, -0.25) is 0 Å². The molecule has 0 aliphatic heterocycles. The van der Waals surface area contributed by atoms with E-state index in [1.165, 1.54) is 0 Å². The van der Waals surface area contributed by atoms with Crippen molar-refractivity contribution < 1.29 is 0 Å². The Morgan fingerprint density at radius 2 is 2.22 bits per heavy atom. The SMILES string of the molecule is CC=CC=C(C)C(Cl)Br. The fourth-order valence-electron chi connectivity index (χ4n) is 0.321. The van der Waals surface area contributed by atoms with E-state index in [1.807, 2.05) is 32.1 Å². The van der Waals surface area contributed by atoms with Crippen LogP contribution in [0.15, 0.2) is 23.8 Å². The van der Waals surface area contributed by atoms with Gasteiger partial charge in [-0.25, -0.2) is 0 Å². The topological polar surface area (TPSA) is 0 Å². The van der Waals surface area contributed by atoms with Gasteiger partial charge in [-0.1, -0.05) is 34.2 Å². The molecule has 0 amide bonds. The minimum Gasteiger partial charge on any atom is -0.106 e. The molecule has 0 bridgehead atoms. The van der Waals surface area contributed by atoms with Crippen LogP contribution in [0.1, 0.15) is 13.8 Å². The highest BCUT2D eigenvalue weighted by atomic mass is 79.9. The summed E-state index contributed by atoms with van der Waals surface area (Å²) >= 11 is 8.91. The second-order valence-electron chi connectivity index (χ2n) is 1.74. The second-order valence-corrected chi connectivity index (χ2v) is 3.62. The van der Waals surface area contributed by atoms with Crippen LogP contribution in [-0.2, 0) is 0 Å². The van der Waals surface area contributed by atoms with Crippen LogP contribution in [0.3, 0.4) is 0 Å². The minimum absolute atomic E-state index is 0.0336. The van der Waals surface area contributed by atoms with E-state index in [9.17, 15) is 0 Å². The maximum absolute atomic E-state index is 5.68. The summed E-state index contributed by atoms with van der Waals surface area (Å²) < 4.78 is -0.0336. The van der Waals surface area contributed by atoms with E-state index in [-0.39, 0.29) is 4.29 Å². The predicted molar refractivity (Wildman–Crippen MR) is 47.1 cm³/mol. The molecular formula is C7H10BrCl. The van der Waals surface area contributed by atoms with Gasteiger partial charge in [0.05, 0.1) is 0 Å². The van der Waals surface area contributed by atoms with Crippen LogP contribution < -0.4 is 0 Å². The van der Waals surface area contributed by atoms with Gasteiger partial charge >= 0.3 is 0 Å². The Morgan fingerprint density at radius 3 is 2.56 bits per heavy atom. The first-order chi connectivity index (χ1) is 4.18.